The zero-order chi connectivity index (χ0) is 11.6. The number of thioether (sulfide) groups is 1. The van der Waals surface area contributed by atoms with Crippen LogP contribution < -0.4 is 5.32 Å². The van der Waals surface area contributed by atoms with E-state index >= 15 is 0 Å². The lowest BCUT2D eigenvalue weighted by molar-refractivity contribution is 0.212. The number of hydrogen-bond donors (Lipinski definition) is 2. The zero-order valence-corrected chi connectivity index (χ0v) is 10.7. The smallest absolute Gasteiger partial charge is 0.0727 e. The third-order valence-corrected chi connectivity index (χ3v) is 4.78. The fourth-order valence-electron chi connectivity index (χ4n) is 2.20. The Hall–Kier alpha value is -0.670. The Kier molecular flexibility index (Phi) is 3.45. The van der Waals surface area contributed by atoms with Crippen molar-refractivity contribution < 1.29 is 5.11 Å². The second kappa shape index (κ2) is 4.68. The van der Waals surface area contributed by atoms with E-state index in [0.29, 0.717) is 5.25 Å². The van der Waals surface area contributed by atoms with Crippen molar-refractivity contribution in [2.45, 2.75) is 31.1 Å². The lowest BCUT2D eigenvalue weighted by Gasteiger charge is -2.33. The van der Waals surface area contributed by atoms with Gasteiger partial charge in [-0.05, 0) is 36.8 Å². The number of anilines is 1. The highest BCUT2D eigenvalue weighted by Gasteiger charge is 2.40. The molecule has 1 fully saturated rings. The monoisotopic (exact) mass is 237 g/mol. The van der Waals surface area contributed by atoms with E-state index in [1.807, 2.05) is 11.8 Å². The van der Waals surface area contributed by atoms with Crippen molar-refractivity contribution in [2.75, 3.05) is 17.7 Å². The molecule has 1 heterocycles. The fourth-order valence-corrected chi connectivity index (χ4v) is 3.61. The summed E-state index contributed by atoms with van der Waals surface area (Å²) in [6.07, 6.45) is 1.03. The molecular weight excluding hydrogens is 218 g/mol. The molecule has 0 bridgehead atoms. The molecule has 1 aromatic carbocycles. The molecule has 1 aliphatic heterocycles. The highest BCUT2D eigenvalue weighted by molar-refractivity contribution is 8.00. The summed E-state index contributed by atoms with van der Waals surface area (Å²) in [6, 6.07) is 8.34. The van der Waals surface area contributed by atoms with Gasteiger partial charge in [0, 0.05) is 10.9 Å². The van der Waals surface area contributed by atoms with Crippen molar-refractivity contribution >= 4 is 17.4 Å². The van der Waals surface area contributed by atoms with Crippen molar-refractivity contribution in [3.05, 3.63) is 29.8 Å². The largest absolute Gasteiger partial charge is 0.394 e. The van der Waals surface area contributed by atoms with Gasteiger partial charge in [0.2, 0.25) is 0 Å². The molecule has 1 aliphatic rings. The highest BCUT2D eigenvalue weighted by atomic mass is 32.2. The maximum Gasteiger partial charge on any atom is 0.0727 e. The van der Waals surface area contributed by atoms with Crippen molar-refractivity contribution in [2.24, 2.45) is 0 Å². The Labute approximate surface area is 101 Å². The van der Waals surface area contributed by atoms with E-state index in [4.69, 9.17) is 0 Å². The van der Waals surface area contributed by atoms with Crippen LogP contribution in [0.5, 0.6) is 0 Å². The van der Waals surface area contributed by atoms with E-state index in [9.17, 15) is 5.11 Å². The molecule has 1 saturated heterocycles. The molecule has 0 saturated carbocycles. The molecule has 0 spiro atoms. The quantitative estimate of drug-likeness (QED) is 0.847. The van der Waals surface area contributed by atoms with Gasteiger partial charge in [0.25, 0.3) is 0 Å². The van der Waals surface area contributed by atoms with Gasteiger partial charge in [-0.1, -0.05) is 19.1 Å². The first-order valence-corrected chi connectivity index (χ1v) is 6.78. The Morgan fingerprint density at radius 2 is 2.38 bits per heavy atom. The molecule has 0 amide bonds. The van der Waals surface area contributed by atoms with Crippen LogP contribution in [-0.4, -0.2) is 28.3 Å². The Balaban J connectivity index is 2.18. The van der Waals surface area contributed by atoms with Crippen LogP contribution in [0.25, 0.3) is 0 Å². The van der Waals surface area contributed by atoms with Gasteiger partial charge in [-0.15, -0.1) is 0 Å². The van der Waals surface area contributed by atoms with Crippen LogP contribution in [0.1, 0.15) is 18.9 Å². The van der Waals surface area contributed by atoms with Crippen LogP contribution >= 0.6 is 11.8 Å². The molecule has 3 heteroatoms. The van der Waals surface area contributed by atoms with Gasteiger partial charge >= 0.3 is 0 Å². The number of nitrogens with one attached hydrogen (secondary N) is 1. The topological polar surface area (TPSA) is 32.3 Å². The molecule has 2 rings (SSSR count). The summed E-state index contributed by atoms with van der Waals surface area (Å²) in [4.78, 5) is 0. The maximum atomic E-state index is 9.64. The van der Waals surface area contributed by atoms with Crippen LogP contribution in [0, 0.1) is 6.92 Å². The Morgan fingerprint density at radius 1 is 1.56 bits per heavy atom. The molecule has 0 aliphatic carbocycles. The number of aryl methyl sites for hydroxylation is 1. The van der Waals surface area contributed by atoms with Crippen molar-refractivity contribution in [3.8, 4) is 0 Å². The molecule has 2 N–H and O–H groups in total. The Morgan fingerprint density at radius 3 is 2.94 bits per heavy atom. The first-order valence-electron chi connectivity index (χ1n) is 5.74. The zero-order valence-electron chi connectivity index (χ0n) is 9.86. The van der Waals surface area contributed by atoms with Crippen LogP contribution in [0.15, 0.2) is 24.3 Å². The van der Waals surface area contributed by atoms with E-state index in [1.165, 1.54) is 5.56 Å². The number of aliphatic hydroxyl groups is 1. The summed E-state index contributed by atoms with van der Waals surface area (Å²) in [5.41, 5.74) is 2.22. The van der Waals surface area contributed by atoms with Gasteiger partial charge < -0.3 is 10.4 Å². The standard InChI is InChI=1S/C13H19NOS/c1-10-4-3-5-12(8-10)14-13(9-15)6-7-16-11(13)2/h3-5,8,11,14-15H,6-7,9H2,1-2H3. The van der Waals surface area contributed by atoms with Crippen LogP contribution in [0.4, 0.5) is 5.69 Å². The van der Waals surface area contributed by atoms with E-state index in [2.05, 4.69) is 43.4 Å². The predicted molar refractivity (Wildman–Crippen MR) is 71.2 cm³/mol. The van der Waals surface area contributed by atoms with Gasteiger partial charge in [0.1, 0.15) is 0 Å². The summed E-state index contributed by atoms with van der Waals surface area (Å²) >= 11 is 1.93. The Bertz CT molecular complexity index is 369. The number of hydrogen-bond acceptors (Lipinski definition) is 3. The number of rotatable bonds is 3. The normalized spacial score (nSPS) is 29.3. The van der Waals surface area contributed by atoms with E-state index < -0.39 is 0 Å². The second-order valence-electron chi connectivity index (χ2n) is 4.57. The first-order chi connectivity index (χ1) is 7.66. The minimum atomic E-state index is -0.140. The molecule has 0 aromatic heterocycles. The number of aliphatic hydroxyl groups excluding tert-OH is 1. The summed E-state index contributed by atoms with van der Waals surface area (Å²) < 4.78 is 0. The van der Waals surface area contributed by atoms with Crippen LogP contribution in [0.3, 0.4) is 0 Å². The number of benzene rings is 1. The summed E-state index contributed by atoms with van der Waals surface area (Å²) in [5.74, 6) is 1.13. The second-order valence-corrected chi connectivity index (χ2v) is 6.02. The van der Waals surface area contributed by atoms with Gasteiger partial charge in [-0.25, -0.2) is 0 Å². The highest BCUT2D eigenvalue weighted by Crippen LogP contribution is 2.37. The molecule has 16 heavy (non-hydrogen) atoms. The van der Waals surface area contributed by atoms with E-state index in [0.717, 1.165) is 17.9 Å². The lowest BCUT2D eigenvalue weighted by atomic mass is 9.93. The molecule has 2 atom stereocenters. The fraction of sp³-hybridized carbons (Fsp3) is 0.538. The van der Waals surface area contributed by atoms with Gasteiger partial charge in [-0.2, -0.15) is 11.8 Å². The molecule has 0 radical (unpaired) electrons. The van der Waals surface area contributed by atoms with Gasteiger partial charge in [-0.3, -0.25) is 0 Å². The van der Waals surface area contributed by atoms with Gasteiger partial charge in [0.05, 0.1) is 12.1 Å². The van der Waals surface area contributed by atoms with Crippen molar-refractivity contribution in [1.29, 1.82) is 0 Å². The molecule has 88 valence electrons. The lowest BCUT2D eigenvalue weighted by Crippen LogP contribution is -2.46. The molecule has 2 nitrogen and oxygen atoms in total. The molecule has 2 unspecified atom stereocenters. The SMILES string of the molecule is Cc1cccc(NC2(CO)CCSC2C)c1. The summed E-state index contributed by atoms with van der Waals surface area (Å²) in [6.45, 7) is 4.48. The molecular formula is C13H19NOS. The first kappa shape index (κ1) is 11.8. The predicted octanol–water partition coefficient (Wildman–Crippen LogP) is 2.66. The van der Waals surface area contributed by atoms with E-state index in [1.54, 1.807) is 0 Å². The van der Waals surface area contributed by atoms with Crippen molar-refractivity contribution in [3.63, 3.8) is 0 Å². The minimum absolute atomic E-state index is 0.140. The third-order valence-electron chi connectivity index (χ3n) is 3.39. The average Bonchev–Trinajstić information content (AvgIpc) is 2.61. The third kappa shape index (κ3) is 2.20. The molecule has 1 aromatic rings. The summed E-state index contributed by atoms with van der Waals surface area (Å²) in [7, 11) is 0. The summed E-state index contributed by atoms with van der Waals surface area (Å²) in [5, 5.41) is 13.6. The maximum absolute atomic E-state index is 9.64. The minimum Gasteiger partial charge on any atom is -0.394 e. The average molecular weight is 237 g/mol. The van der Waals surface area contributed by atoms with E-state index in [-0.39, 0.29) is 12.1 Å². The van der Waals surface area contributed by atoms with Crippen molar-refractivity contribution in [1.82, 2.24) is 0 Å². The van der Waals surface area contributed by atoms with Gasteiger partial charge in [0.15, 0.2) is 0 Å². The van der Waals surface area contributed by atoms with Crippen LogP contribution in [0.2, 0.25) is 0 Å². The van der Waals surface area contributed by atoms with Crippen LogP contribution in [-0.2, 0) is 0 Å².